The monoisotopic (exact) mass is 516 g/mol. The zero-order valence-corrected chi connectivity index (χ0v) is 21.1. The number of carboxylic acid groups (broad SMARTS) is 1. The van der Waals surface area contributed by atoms with E-state index in [1.807, 2.05) is 6.92 Å². The van der Waals surface area contributed by atoms with E-state index in [0.29, 0.717) is 28.3 Å². The van der Waals surface area contributed by atoms with Gasteiger partial charge in [-0.2, -0.15) is 0 Å². The zero-order chi connectivity index (χ0) is 26.4. The van der Waals surface area contributed by atoms with Gasteiger partial charge in [-0.1, -0.05) is 24.6 Å². The predicted molar refractivity (Wildman–Crippen MR) is 133 cm³/mol. The van der Waals surface area contributed by atoms with Crippen LogP contribution in [0.15, 0.2) is 36.4 Å². The molecule has 2 N–H and O–H groups in total. The zero-order valence-electron chi connectivity index (χ0n) is 20.4. The highest BCUT2D eigenvalue weighted by molar-refractivity contribution is 6.30. The number of ether oxygens (including phenoxy) is 2. The number of carboxylic acids is 1. The fourth-order valence-electron chi connectivity index (χ4n) is 4.32. The third-order valence-electron chi connectivity index (χ3n) is 6.31. The van der Waals surface area contributed by atoms with Gasteiger partial charge >= 0.3 is 5.97 Å². The number of aromatic carboxylic acids is 1. The number of carbonyl (C=O) groups is 4. The summed E-state index contributed by atoms with van der Waals surface area (Å²) in [6.07, 6.45) is 0.759. The van der Waals surface area contributed by atoms with Gasteiger partial charge in [0.15, 0.2) is 0 Å². The molecule has 0 aromatic heterocycles. The van der Waals surface area contributed by atoms with E-state index in [4.69, 9.17) is 21.1 Å². The number of hydrogen-bond acceptors (Lipinski definition) is 6. The average Bonchev–Trinajstić information content (AvgIpc) is 3.00. The highest BCUT2D eigenvalue weighted by Crippen LogP contribution is 2.31. The molecule has 192 valence electrons. The molecule has 1 aliphatic heterocycles. The van der Waals surface area contributed by atoms with E-state index in [1.54, 1.807) is 30.3 Å². The van der Waals surface area contributed by atoms with Crippen molar-refractivity contribution < 1.29 is 33.8 Å². The molecule has 0 aliphatic carbocycles. The van der Waals surface area contributed by atoms with E-state index in [1.165, 1.54) is 20.3 Å². The minimum atomic E-state index is -1.12. The summed E-state index contributed by atoms with van der Waals surface area (Å²) >= 11 is 6.13. The van der Waals surface area contributed by atoms with Gasteiger partial charge in [0.25, 0.3) is 0 Å². The number of imide groups is 1. The maximum atomic E-state index is 13.4. The van der Waals surface area contributed by atoms with E-state index in [-0.39, 0.29) is 43.2 Å². The largest absolute Gasteiger partial charge is 0.496 e. The van der Waals surface area contributed by atoms with E-state index in [0.717, 1.165) is 4.90 Å². The van der Waals surface area contributed by atoms with E-state index in [2.05, 4.69) is 5.32 Å². The van der Waals surface area contributed by atoms with Gasteiger partial charge in [-0.25, -0.2) is 4.79 Å². The molecule has 1 aliphatic rings. The van der Waals surface area contributed by atoms with Crippen LogP contribution in [0.1, 0.15) is 47.2 Å². The van der Waals surface area contributed by atoms with Crippen molar-refractivity contribution in [3.63, 3.8) is 0 Å². The fourth-order valence-corrected chi connectivity index (χ4v) is 4.52. The number of nitrogens with zero attached hydrogens (tertiary/aromatic N) is 1. The molecule has 0 spiro atoms. The Bertz CT molecular complexity index is 1170. The van der Waals surface area contributed by atoms with Crippen LogP contribution in [0.2, 0.25) is 5.02 Å². The van der Waals surface area contributed by atoms with Crippen molar-refractivity contribution in [2.75, 3.05) is 27.3 Å². The molecule has 10 heteroatoms. The summed E-state index contributed by atoms with van der Waals surface area (Å²) in [5.41, 5.74) is 1.42. The number of amides is 3. The number of rotatable bonds is 9. The molecule has 0 saturated carbocycles. The minimum absolute atomic E-state index is 0.0149. The first-order valence-corrected chi connectivity index (χ1v) is 11.9. The molecule has 3 amide bonds. The van der Waals surface area contributed by atoms with Crippen molar-refractivity contribution in [2.45, 2.75) is 32.1 Å². The van der Waals surface area contributed by atoms with Gasteiger partial charge in [0, 0.05) is 18.0 Å². The van der Waals surface area contributed by atoms with Gasteiger partial charge in [-0.15, -0.1) is 0 Å². The van der Waals surface area contributed by atoms with Crippen LogP contribution in [0.4, 0.5) is 0 Å². The SMILES string of the molecule is CC[C@@H](CC(=O)N1CC(=O)NC[C@H](Cc2cc(Cl)ccc2OC)C1=O)c1ccc(C(=O)O)c(OC)c1. The summed E-state index contributed by atoms with van der Waals surface area (Å²) in [5.74, 6) is -2.70. The first-order valence-electron chi connectivity index (χ1n) is 11.5. The molecule has 0 bridgehead atoms. The van der Waals surface area contributed by atoms with Crippen molar-refractivity contribution in [1.82, 2.24) is 10.2 Å². The normalized spacial score (nSPS) is 16.7. The summed E-state index contributed by atoms with van der Waals surface area (Å²) in [5, 5.41) is 12.5. The molecular formula is C26H29ClN2O7. The molecule has 0 radical (unpaired) electrons. The number of benzene rings is 2. The van der Waals surface area contributed by atoms with E-state index in [9.17, 15) is 24.3 Å². The summed E-state index contributed by atoms with van der Waals surface area (Å²) < 4.78 is 10.6. The number of nitrogens with one attached hydrogen (secondary N) is 1. The van der Waals surface area contributed by atoms with E-state index >= 15 is 0 Å². The van der Waals surface area contributed by atoms with Gasteiger partial charge in [-0.3, -0.25) is 19.3 Å². The Hall–Kier alpha value is -3.59. The van der Waals surface area contributed by atoms with Crippen LogP contribution in [0.25, 0.3) is 0 Å². The molecule has 1 fully saturated rings. The first kappa shape index (κ1) is 27.0. The van der Waals surface area contributed by atoms with Crippen LogP contribution in [0.3, 0.4) is 0 Å². The van der Waals surface area contributed by atoms with Crippen LogP contribution < -0.4 is 14.8 Å². The Morgan fingerprint density at radius 2 is 1.86 bits per heavy atom. The lowest BCUT2D eigenvalue weighted by Crippen LogP contribution is -2.43. The van der Waals surface area contributed by atoms with Gasteiger partial charge in [0.05, 0.1) is 20.1 Å². The lowest BCUT2D eigenvalue weighted by atomic mass is 9.91. The predicted octanol–water partition coefficient (Wildman–Crippen LogP) is 3.28. The van der Waals surface area contributed by atoms with Crippen LogP contribution in [0.5, 0.6) is 11.5 Å². The standard InChI is InChI=1S/C26H29ClN2O7/c1-4-15(16-5-7-20(26(33)34)22(11-16)36-3)12-24(31)29-14-23(30)28-13-18(25(29)32)9-17-10-19(27)6-8-21(17)35-2/h5-8,10-11,15,18H,4,9,12-14H2,1-3H3,(H,28,30)(H,33,34)/t15-,18-/m0/s1. The van der Waals surface area contributed by atoms with Crippen molar-refractivity contribution >= 4 is 35.3 Å². The molecular weight excluding hydrogens is 488 g/mol. The molecule has 1 heterocycles. The van der Waals surface area contributed by atoms with Crippen LogP contribution in [0, 0.1) is 5.92 Å². The maximum Gasteiger partial charge on any atom is 0.339 e. The second-order valence-corrected chi connectivity index (χ2v) is 8.99. The molecule has 3 rings (SSSR count). The lowest BCUT2D eigenvalue weighted by Gasteiger charge is -2.24. The van der Waals surface area contributed by atoms with Gasteiger partial charge in [0.1, 0.15) is 23.6 Å². The Labute approximate surface area is 214 Å². The Balaban J connectivity index is 1.82. The van der Waals surface area contributed by atoms with Crippen molar-refractivity contribution in [2.24, 2.45) is 5.92 Å². The smallest absolute Gasteiger partial charge is 0.339 e. The highest BCUT2D eigenvalue weighted by atomic mass is 35.5. The number of halogens is 1. The van der Waals surface area contributed by atoms with Gasteiger partial charge in [-0.05, 0) is 60.2 Å². The third-order valence-corrected chi connectivity index (χ3v) is 6.55. The number of hydrogen-bond donors (Lipinski definition) is 2. The molecule has 2 atom stereocenters. The Morgan fingerprint density at radius 1 is 1.14 bits per heavy atom. The third kappa shape index (κ3) is 6.15. The second-order valence-electron chi connectivity index (χ2n) is 8.55. The second kappa shape index (κ2) is 11.9. The fraction of sp³-hybridized carbons (Fsp3) is 0.385. The van der Waals surface area contributed by atoms with Crippen molar-refractivity contribution in [1.29, 1.82) is 0 Å². The van der Waals surface area contributed by atoms with Crippen molar-refractivity contribution in [3.8, 4) is 11.5 Å². The molecule has 2 aromatic rings. The molecule has 36 heavy (non-hydrogen) atoms. The summed E-state index contributed by atoms with van der Waals surface area (Å²) in [7, 11) is 2.89. The lowest BCUT2D eigenvalue weighted by molar-refractivity contribution is -0.148. The quantitative estimate of drug-likeness (QED) is 0.524. The average molecular weight is 517 g/mol. The summed E-state index contributed by atoms with van der Waals surface area (Å²) in [6, 6.07) is 9.75. The molecule has 9 nitrogen and oxygen atoms in total. The van der Waals surface area contributed by atoms with E-state index < -0.39 is 29.6 Å². The number of methoxy groups -OCH3 is 2. The van der Waals surface area contributed by atoms with Gasteiger partial charge in [0.2, 0.25) is 17.7 Å². The topological polar surface area (TPSA) is 122 Å². The Morgan fingerprint density at radius 3 is 2.50 bits per heavy atom. The number of carbonyl (C=O) groups excluding carboxylic acids is 3. The molecule has 2 aromatic carbocycles. The minimum Gasteiger partial charge on any atom is -0.496 e. The molecule has 0 unspecified atom stereocenters. The summed E-state index contributed by atoms with van der Waals surface area (Å²) in [6.45, 7) is 1.61. The van der Waals surface area contributed by atoms with Crippen LogP contribution in [-0.4, -0.2) is 61.0 Å². The van der Waals surface area contributed by atoms with Gasteiger partial charge < -0.3 is 19.9 Å². The molecule has 1 saturated heterocycles. The van der Waals surface area contributed by atoms with Crippen LogP contribution >= 0.6 is 11.6 Å². The first-order chi connectivity index (χ1) is 17.2. The Kier molecular flexibility index (Phi) is 8.93. The summed E-state index contributed by atoms with van der Waals surface area (Å²) in [4.78, 5) is 51.5. The van der Waals surface area contributed by atoms with Crippen molar-refractivity contribution in [3.05, 3.63) is 58.1 Å². The maximum absolute atomic E-state index is 13.4. The van der Waals surface area contributed by atoms with Crippen LogP contribution in [-0.2, 0) is 20.8 Å². The highest BCUT2D eigenvalue weighted by Gasteiger charge is 2.35.